The van der Waals surface area contributed by atoms with Crippen molar-refractivity contribution in [2.75, 3.05) is 0 Å². The van der Waals surface area contributed by atoms with Crippen LogP contribution in [0.1, 0.15) is 45.7 Å². The number of nitrogens with one attached hydrogen (secondary N) is 1. The molecule has 1 rings (SSSR count). The third-order valence-electron chi connectivity index (χ3n) is 2.95. The smallest absolute Gasteiger partial charge is 0.189 e. The standard InChI is InChI=1S/C15H26N4.HI/c1-12(2)7-6-8-13(3)19-15(16)18-11-14-9-4-5-10-17-14;/h4-5,9-10,12-13H,6-8,11H2,1-3H3,(H3,16,18,19);1H. The number of aliphatic imine (C=N–C) groups is 1. The maximum absolute atomic E-state index is 5.87. The predicted octanol–water partition coefficient (Wildman–Crippen LogP) is 3.32. The van der Waals surface area contributed by atoms with Crippen molar-refractivity contribution < 1.29 is 0 Å². The van der Waals surface area contributed by atoms with E-state index in [1.54, 1.807) is 6.20 Å². The Kier molecular flexibility index (Phi) is 10.4. The van der Waals surface area contributed by atoms with Gasteiger partial charge in [-0.15, -0.1) is 24.0 Å². The molecule has 0 aliphatic rings. The largest absolute Gasteiger partial charge is 0.370 e. The van der Waals surface area contributed by atoms with Crippen molar-refractivity contribution in [3.05, 3.63) is 30.1 Å². The summed E-state index contributed by atoms with van der Waals surface area (Å²) < 4.78 is 0. The zero-order valence-electron chi connectivity index (χ0n) is 12.7. The van der Waals surface area contributed by atoms with E-state index in [0.29, 0.717) is 18.5 Å². The van der Waals surface area contributed by atoms with Crippen LogP contribution in [0, 0.1) is 5.92 Å². The third kappa shape index (κ3) is 9.12. The first kappa shape index (κ1) is 19.1. The number of nitrogens with two attached hydrogens (primary N) is 1. The van der Waals surface area contributed by atoms with Crippen molar-refractivity contribution in [2.24, 2.45) is 16.6 Å². The summed E-state index contributed by atoms with van der Waals surface area (Å²) in [5.74, 6) is 1.27. The monoisotopic (exact) mass is 390 g/mol. The molecule has 0 spiro atoms. The summed E-state index contributed by atoms with van der Waals surface area (Å²) >= 11 is 0. The fourth-order valence-corrected chi connectivity index (χ4v) is 1.86. The molecule has 0 aliphatic heterocycles. The second kappa shape index (κ2) is 10.9. The molecular weight excluding hydrogens is 363 g/mol. The molecule has 0 bridgehead atoms. The minimum absolute atomic E-state index is 0. The normalized spacial score (nSPS) is 12.9. The van der Waals surface area contributed by atoms with Crippen LogP contribution in [0.15, 0.2) is 29.4 Å². The van der Waals surface area contributed by atoms with E-state index in [1.807, 2.05) is 18.2 Å². The van der Waals surface area contributed by atoms with Gasteiger partial charge in [0.2, 0.25) is 0 Å². The summed E-state index contributed by atoms with van der Waals surface area (Å²) in [4.78, 5) is 8.51. The van der Waals surface area contributed by atoms with Crippen LogP contribution in [0.5, 0.6) is 0 Å². The Morgan fingerprint density at radius 1 is 1.30 bits per heavy atom. The topological polar surface area (TPSA) is 63.3 Å². The summed E-state index contributed by atoms with van der Waals surface area (Å²) in [5.41, 5.74) is 6.80. The highest BCUT2D eigenvalue weighted by atomic mass is 127. The van der Waals surface area contributed by atoms with Gasteiger partial charge in [0, 0.05) is 12.2 Å². The first-order chi connectivity index (χ1) is 9.08. The number of halogens is 1. The number of aromatic nitrogens is 1. The molecule has 1 heterocycles. The summed E-state index contributed by atoms with van der Waals surface area (Å²) in [5, 5.41) is 3.22. The fraction of sp³-hybridized carbons (Fsp3) is 0.600. The molecule has 114 valence electrons. The Morgan fingerprint density at radius 2 is 2.05 bits per heavy atom. The third-order valence-corrected chi connectivity index (χ3v) is 2.95. The number of pyridine rings is 1. The van der Waals surface area contributed by atoms with Gasteiger partial charge < -0.3 is 11.1 Å². The maximum Gasteiger partial charge on any atom is 0.189 e. The Morgan fingerprint density at radius 3 is 2.65 bits per heavy atom. The van der Waals surface area contributed by atoms with E-state index < -0.39 is 0 Å². The van der Waals surface area contributed by atoms with Gasteiger partial charge in [-0.2, -0.15) is 0 Å². The molecule has 1 aromatic heterocycles. The Labute approximate surface area is 139 Å². The molecule has 1 atom stereocenters. The molecule has 0 amide bonds. The molecule has 0 saturated carbocycles. The Bertz CT molecular complexity index is 379. The molecule has 0 fully saturated rings. The molecule has 0 aromatic carbocycles. The van der Waals surface area contributed by atoms with Crippen molar-refractivity contribution >= 4 is 29.9 Å². The van der Waals surface area contributed by atoms with Gasteiger partial charge in [-0.25, -0.2) is 4.99 Å². The van der Waals surface area contributed by atoms with Crippen LogP contribution in [0.3, 0.4) is 0 Å². The van der Waals surface area contributed by atoms with Gasteiger partial charge in [0.15, 0.2) is 5.96 Å². The van der Waals surface area contributed by atoms with E-state index in [4.69, 9.17) is 5.73 Å². The van der Waals surface area contributed by atoms with E-state index in [0.717, 1.165) is 18.0 Å². The number of rotatable bonds is 7. The van der Waals surface area contributed by atoms with Crippen LogP contribution in [0.2, 0.25) is 0 Å². The number of hydrogen-bond donors (Lipinski definition) is 2. The van der Waals surface area contributed by atoms with Crippen LogP contribution in [0.4, 0.5) is 0 Å². The summed E-state index contributed by atoms with van der Waals surface area (Å²) in [6.45, 7) is 7.17. The van der Waals surface area contributed by atoms with Gasteiger partial charge in [-0.3, -0.25) is 4.98 Å². The first-order valence-electron chi connectivity index (χ1n) is 7.04. The van der Waals surface area contributed by atoms with Crippen molar-refractivity contribution in [1.29, 1.82) is 0 Å². The molecular formula is C15H27IN4. The average molecular weight is 390 g/mol. The van der Waals surface area contributed by atoms with E-state index in [9.17, 15) is 0 Å². The molecule has 0 saturated heterocycles. The van der Waals surface area contributed by atoms with Gasteiger partial charge in [0.25, 0.3) is 0 Å². The molecule has 3 N–H and O–H groups in total. The van der Waals surface area contributed by atoms with Crippen molar-refractivity contribution in [3.63, 3.8) is 0 Å². The van der Waals surface area contributed by atoms with E-state index >= 15 is 0 Å². The lowest BCUT2D eigenvalue weighted by molar-refractivity contribution is 0.493. The average Bonchev–Trinajstić information content (AvgIpc) is 2.37. The van der Waals surface area contributed by atoms with Gasteiger partial charge >= 0.3 is 0 Å². The van der Waals surface area contributed by atoms with Gasteiger partial charge in [0.1, 0.15) is 0 Å². The van der Waals surface area contributed by atoms with Crippen LogP contribution in [-0.4, -0.2) is 17.0 Å². The molecule has 0 radical (unpaired) electrons. The van der Waals surface area contributed by atoms with Crippen LogP contribution in [0.25, 0.3) is 0 Å². The van der Waals surface area contributed by atoms with Crippen molar-refractivity contribution in [2.45, 2.75) is 52.6 Å². The number of guanidine groups is 1. The highest BCUT2D eigenvalue weighted by molar-refractivity contribution is 14.0. The molecule has 4 nitrogen and oxygen atoms in total. The second-order valence-corrected chi connectivity index (χ2v) is 5.39. The maximum atomic E-state index is 5.87. The Balaban J connectivity index is 0.00000361. The molecule has 1 unspecified atom stereocenters. The molecule has 1 aromatic rings. The van der Waals surface area contributed by atoms with Crippen LogP contribution in [-0.2, 0) is 6.54 Å². The highest BCUT2D eigenvalue weighted by Crippen LogP contribution is 2.08. The lowest BCUT2D eigenvalue weighted by atomic mass is 10.0. The minimum atomic E-state index is 0. The zero-order chi connectivity index (χ0) is 14.1. The van der Waals surface area contributed by atoms with Crippen LogP contribution < -0.4 is 11.1 Å². The number of nitrogens with zero attached hydrogens (tertiary/aromatic N) is 2. The van der Waals surface area contributed by atoms with Crippen molar-refractivity contribution in [1.82, 2.24) is 10.3 Å². The van der Waals surface area contributed by atoms with Gasteiger partial charge in [0.05, 0.1) is 12.2 Å². The van der Waals surface area contributed by atoms with E-state index in [2.05, 4.69) is 36.1 Å². The summed E-state index contributed by atoms with van der Waals surface area (Å²) in [6, 6.07) is 6.16. The first-order valence-corrected chi connectivity index (χ1v) is 7.04. The minimum Gasteiger partial charge on any atom is -0.370 e. The van der Waals surface area contributed by atoms with Gasteiger partial charge in [-0.1, -0.05) is 32.8 Å². The molecule has 0 aliphatic carbocycles. The second-order valence-electron chi connectivity index (χ2n) is 5.39. The van der Waals surface area contributed by atoms with E-state index in [1.165, 1.54) is 12.8 Å². The fourth-order valence-electron chi connectivity index (χ4n) is 1.86. The van der Waals surface area contributed by atoms with Crippen molar-refractivity contribution in [3.8, 4) is 0 Å². The van der Waals surface area contributed by atoms with Gasteiger partial charge in [-0.05, 0) is 31.4 Å². The predicted molar refractivity (Wildman–Crippen MR) is 96.3 cm³/mol. The summed E-state index contributed by atoms with van der Waals surface area (Å²) in [7, 11) is 0. The highest BCUT2D eigenvalue weighted by Gasteiger charge is 2.03. The molecule has 20 heavy (non-hydrogen) atoms. The quantitative estimate of drug-likeness (QED) is 0.427. The van der Waals surface area contributed by atoms with Crippen LogP contribution >= 0.6 is 24.0 Å². The number of hydrogen-bond acceptors (Lipinski definition) is 2. The van der Waals surface area contributed by atoms with E-state index in [-0.39, 0.29) is 24.0 Å². The molecule has 5 heteroatoms. The Hall–Kier alpha value is -0.850. The lowest BCUT2D eigenvalue weighted by Gasteiger charge is -2.15. The lowest BCUT2D eigenvalue weighted by Crippen LogP contribution is -2.38. The zero-order valence-corrected chi connectivity index (χ0v) is 15.0. The SMILES string of the molecule is CC(C)CCCC(C)NC(N)=NCc1ccccn1.I. The summed E-state index contributed by atoms with van der Waals surface area (Å²) in [6.07, 6.45) is 5.37.